The van der Waals surface area contributed by atoms with Crippen molar-refractivity contribution in [3.8, 4) is 0 Å². The molecule has 4 rings (SSSR count). The lowest BCUT2D eigenvalue weighted by Gasteiger charge is -2.35. The van der Waals surface area contributed by atoms with Crippen LogP contribution in [-0.4, -0.2) is 60.3 Å². The van der Waals surface area contributed by atoms with E-state index in [9.17, 15) is 0 Å². The van der Waals surface area contributed by atoms with E-state index in [4.69, 9.17) is 4.74 Å². The Kier molecular flexibility index (Phi) is 4.76. The molecule has 0 unspecified atom stereocenters. The van der Waals surface area contributed by atoms with Crippen molar-refractivity contribution in [2.75, 3.05) is 44.3 Å². The van der Waals surface area contributed by atoms with Gasteiger partial charge in [-0.15, -0.1) is 0 Å². The van der Waals surface area contributed by atoms with Crippen molar-refractivity contribution in [2.45, 2.75) is 38.1 Å². The number of aromatic nitrogens is 2. The van der Waals surface area contributed by atoms with Gasteiger partial charge in [-0.25, -0.2) is 9.97 Å². The SMILES string of the molecule is c1cnc(N2CCC([C@H]3CCN(C4CCOCC4)C3)CC2)nc1. The Balaban J connectivity index is 1.28. The van der Waals surface area contributed by atoms with Gasteiger partial charge < -0.3 is 9.64 Å². The van der Waals surface area contributed by atoms with E-state index in [1.54, 1.807) is 0 Å². The summed E-state index contributed by atoms with van der Waals surface area (Å²) in [6, 6.07) is 2.67. The number of rotatable bonds is 3. The molecule has 0 aromatic carbocycles. The molecule has 0 aliphatic carbocycles. The molecule has 1 aromatic rings. The van der Waals surface area contributed by atoms with Crippen LogP contribution in [0.5, 0.6) is 0 Å². The van der Waals surface area contributed by atoms with Crippen molar-refractivity contribution in [1.82, 2.24) is 14.9 Å². The predicted octanol–water partition coefficient (Wildman–Crippen LogP) is 2.19. The Labute approximate surface area is 139 Å². The minimum Gasteiger partial charge on any atom is -0.381 e. The van der Waals surface area contributed by atoms with E-state index < -0.39 is 0 Å². The van der Waals surface area contributed by atoms with E-state index >= 15 is 0 Å². The molecule has 3 saturated heterocycles. The third kappa shape index (κ3) is 3.50. The molecule has 126 valence electrons. The summed E-state index contributed by atoms with van der Waals surface area (Å²) in [7, 11) is 0. The van der Waals surface area contributed by atoms with Crippen molar-refractivity contribution in [1.29, 1.82) is 0 Å². The maximum absolute atomic E-state index is 5.51. The van der Waals surface area contributed by atoms with Crippen LogP contribution >= 0.6 is 0 Å². The van der Waals surface area contributed by atoms with Gasteiger partial charge in [0.15, 0.2) is 0 Å². The van der Waals surface area contributed by atoms with Crippen LogP contribution < -0.4 is 4.90 Å². The van der Waals surface area contributed by atoms with Gasteiger partial charge in [0, 0.05) is 51.3 Å². The predicted molar refractivity (Wildman–Crippen MR) is 90.5 cm³/mol. The average molecular weight is 316 g/mol. The molecule has 0 radical (unpaired) electrons. The molecule has 5 nitrogen and oxygen atoms in total. The summed E-state index contributed by atoms with van der Waals surface area (Å²) in [5, 5.41) is 0. The zero-order chi connectivity index (χ0) is 15.5. The van der Waals surface area contributed by atoms with Gasteiger partial charge in [-0.3, -0.25) is 4.90 Å². The van der Waals surface area contributed by atoms with E-state index in [2.05, 4.69) is 19.8 Å². The van der Waals surface area contributed by atoms with Crippen molar-refractivity contribution in [3.05, 3.63) is 18.5 Å². The number of nitrogens with zero attached hydrogens (tertiary/aromatic N) is 4. The molecule has 3 aliphatic rings. The van der Waals surface area contributed by atoms with Crippen molar-refractivity contribution in [3.63, 3.8) is 0 Å². The van der Waals surface area contributed by atoms with Crippen LogP contribution in [-0.2, 0) is 4.74 Å². The zero-order valence-electron chi connectivity index (χ0n) is 13.9. The molecule has 4 heterocycles. The fourth-order valence-electron chi connectivity index (χ4n) is 4.61. The molecule has 5 heteroatoms. The van der Waals surface area contributed by atoms with Gasteiger partial charge in [-0.05, 0) is 56.6 Å². The summed E-state index contributed by atoms with van der Waals surface area (Å²) in [5.74, 6) is 2.69. The van der Waals surface area contributed by atoms with Crippen LogP contribution in [0.3, 0.4) is 0 Å². The van der Waals surface area contributed by atoms with Crippen LogP contribution in [0.1, 0.15) is 32.1 Å². The highest BCUT2D eigenvalue weighted by Gasteiger charge is 2.35. The highest BCUT2D eigenvalue weighted by Crippen LogP contribution is 2.34. The van der Waals surface area contributed by atoms with Crippen molar-refractivity contribution >= 4 is 5.95 Å². The van der Waals surface area contributed by atoms with Gasteiger partial charge in [0.1, 0.15) is 0 Å². The van der Waals surface area contributed by atoms with Crippen LogP contribution in [0.2, 0.25) is 0 Å². The minimum atomic E-state index is 0.784. The molecular formula is C18H28N4O. The second-order valence-corrected chi connectivity index (χ2v) is 7.26. The van der Waals surface area contributed by atoms with E-state index in [0.29, 0.717) is 0 Å². The molecule has 1 aromatic heterocycles. The molecule has 0 bridgehead atoms. The number of hydrogen-bond acceptors (Lipinski definition) is 5. The lowest BCUT2D eigenvalue weighted by molar-refractivity contribution is 0.0399. The fourth-order valence-corrected chi connectivity index (χ4v) is 4.61. The summed E-state index contributed by atoms with van der Waals surface area (Å²) in [6.07, 6.45) is 10.1. The van der Waals surface area contributed by atoms with Gasteiger partial charge in [-0.1, -0.05) is 0 Å². The summed E-state index contributed by atoms with van der Waals surface area (Å²) in [4.78, 5) is 13.9. The van der Waals surface area contributed by atoms with E-state index in [1.165, 1.54) is 45.2 Å². The second-order valence-electron chi connectivity index (χ2n) is 7.26. The molecular weight excluding hydrogens is 288 g/mol. The molecule has 1 atom stereocenters. The summed E-state index contributed by atoms with van der Waals surface area (Å²) in [6.45, 7) is 6.77. The number of ether oxygens (including phenoxy) is 1. The Morgan fingerprint density at radius 3 is 2.30 bits per heavy atom. The quantitative estimate of drug-likeness (QED) is 0.855. The van der Waals surface area contributed by atoms with Gasteiger partial charge in [0.2, 0.25) is 5.95 Å². The number of likely N-dealkylation sites (tertiary alicyclic amines) is 1. The highest BCUT2D eigenvalue weighted by atomic mass is 16.5. The summed E-state index contributed by atoms with van der Waals surface area (Å²) >= 11 is 0. The molecule has 0 saturated carbocycles. The zero-order valence-corrected chi connectivity index (χ0v) is 13.9. The Hall–Kier alpha value is -1.20. The maximum atomic E-state index is 5.51. The third-order valence-corrected chi connectivity index (χ3v) is 6.00. The molecule has 0 spiro atoms. The normalized spacial score (nSPS) is 28.3. The summed E-state index contributed by atoms with van der Waals surface area (Å²) < 4.78 is 5.51. The first-order valence-corrected chi connectivity index (χ1v) is 9.24. The first kappa shape index (κ1) is 15.3. The van der Waals surface area contributed by atoms with Crippen LogP contribution in [0.15, 0.2) is 18.5 Å². The molecule has 3 fully saturated rings. The fraction of sp³-hybridized carbons (Fsp3) is 0.778. The lowest BCUT2D eigenvalue weighted by atomic mass is 9.84. The van der Waals surface area contributed by atoms with Crippen LogP contribution in [0, 0.1) is 11.8 Å². The van der Waals surface area contributed by atoms with Crippen molar-refractivity contribution in [2.24, 2.45) is 11.8 Å². The Bertz CT molecular complexity index is 483. The monoisotopic (exact) mass is 316 g/mol. The lowest BCUT2D eigenvalue weighted by Crippen LogP contribution is -2.40. The maximum Gasteiger partial charge on any atom is 0.225 e. The minimum absolute atomic E-state index is 0.784. The highest BCUT2D eigenvalue weighted by molar-refractivity contribution is 5.28. The van der Waals surface area contributed by atoms with Gasteiger partial charge in [0.05, 0.1) is 0 Å². The third-order valence-electron chi connectivity index (χ3n) is 6.00. The number of anilines is 1. The van der Waals surface area contributed by atoms with Gasteiger partial charge >= 0.3 is 0 Å². The first-order chi connectivity index (χ1) is 11.4. The van der Waals surface area contributed by atoms with Crippen LogP contribution in [0.25, 0.3) is 0 Å². The van der Waals surface area contributed by atoms with E-state index in [1.807, 2.05) is 18.5 Å². The van der Waals surface area contributed by atoms with Crippen LogP contribution in [0.4, 0.5) is 5.95 Å². The summed E-state index contributed by atoms with van der Waals surface area (Å²) in [5.41, 5.74) is 0. The topological polar surface area (TPSA) is 41.5 Å². The van der Waals surface area contributed by atoms with E-state index in [-0.39, 0.29) is 0 Å². The molecule has 23 heavy (non-hydrogen) atoms. The number of hydrogen-bond donors (Lipinski definition) is 0. The van der Waals surface area contributed by atoms with Crippen molar-refractivity contribution < 1.29 is 4.74 Å². The molecule has 0 N–H and O–H groups in total. The second kappa shape index (κ2) is 7.14. The Morgan fingerprint density at radius 1 is 0.870 bits per heavy atom. The molecule has 3 aliphatic heterocycles. The number of piperidine rings is 1. The van der Waals surface area contributed by atoms with Gasteiger partial charge in [-0.2, -0.15) is 0 Å². The Morgan fingerprint density at radius 2 is 1.57 bits per heavy atom. The molecule has 0 amide bonds. The van der Waals surface area contributed by atoms with Gasteiger partial charge in [0.25, 0.3) is 0 Å². The van der Waals surface area contributed by atoms with E-state index in [0.717, 1.165) is 50.1 Å². The first-order valence-electron chi connectivity index (χ1n) is 9.24. The smallest absolute Gasteiger partial charge is 0.225 e. The average Bonchev–Trinajstić information content (AvgIpc) is 3.14. The largest absolute Gasteiger partial charge is 0.381 e. The standard InChI is InChI=1S/C18H28N4O/c1-7-19-18(20-8-1)21-9-2-15(3-10-21)16-4-11-22(14-16)17-5-12-23-13-6-17/h1,7-8,15-17H,2-6,9-14H2/t16-/m0/s1.